The summed E-state index contributed by atoms with van der Waals surface area (Å²) >= 11 is 5.40. The minimum absolute atomic E-state index is 0.527. The first-order valence-electron chi connectivity index (χ1n) is 10.5. The van der Waals surface area contributed by atoms with E-state index in [9.17, 15) is 0 Å². The standard InChI is InChI=1S/C20H34N6OS/c1-15-6-10-25(11-7-15)17-13-18(26-9-4-5-16(2)14-26)23-19(22-17)24-20(28)21-8-12-27-3/h13,15-16H,4-12,14H2,1-3H3,(H2,21,22,23,24,28). The lowest BCUT2D eigenvalue weighted by Gasteiger charge is -2.34. The van der Waals surface area contributed by atoms with Gasteiger partial charge in [-0.2, -0.15) is 9.97 Å². The first kappa shape index (κ1) is 21.0. The number of ether oxygens (including phenoxy) is 1. The van der Waals surface area contributed by atoms with Crippen LogP contribution < -0.4 is 20.4 Å². The average molecular weight is 407 g/mol. The number of thiocarbonyl (C=S) groups is 1. The number of anilines is 3. The van der Waals surface area contributed by atoms with Gasteiger partial charge in [-0.1, -0.05) is 13.8 Å². The lowest BCUT2D eigenvalue weighted by molar-refractivity contribution is 0.204. The van der Waals surface area contributed by atoms with E-state index < -0.39 is 0 Å². The van der Waals surface area contributed by atoms with Crippen molar-refractivity contribution in [3.8, 4) is 0 Å². The van der Waals surface area contributed by atoms with Gasteiger partial charge < -0.3 is 25.2 Å². The summed E-state index contributed by atoms with van der Waals surface area (Å²) in [5.74, 6) is 4.04. The minimum Gasteiger partial charge on any atom is -0.383 e. The molecule has 2 aliphatic rings. The summed E-state index contributed by atoms with van der Waals surface area (Å²) in [6.07, 6.45) is 4.91. The highest BCUT2D eigenvalue weighted by Crippen LogP contribution is 2.28. The molecule has 1 atom stereocenters. The van der Waals surface area contributed by atoms with E-state index in [2.05, 4.69) is 40.3 Å². The lowest BCUT2D eigenvalue weighted by Crippen LogP contribution is -2.37. The van der Waals surface area contributed by atoms with Crippen LogP contribution in [0.3, 0.4) is 0 Å². The zero-order valence-corrected chi connectivity index (χ0v) is 18.2. The van der Waals surface area contributed by atoms with Gasteiger partial charge in [-0.25, -0.2) is 0 Å². The Morgan fingerprint density at radius 3 is 2.50 bits per heavy atom. The second-order valence-corrected chi connectivity index (χ2v) is 8.55. The van der Waals surface area contributed by atoms with Crippen LogP contribution in [0.5, 0.6) is 0 Å². The van der Waals surface area contributed by atoms with Crippen LogP contribution in [0.2, 0.25) is 0 Å². The Hall–Kier alpha value is -1.67. The maximum Gasteiger partial charge on any atom is 0.232 e. The molecular weight excluding hydrogens is 372 g/mol. The fourth-order valence-corrected chi connectivity index (χ4v) is 4.04. The van der Waals surface area contributed by atoms with Crippen LogP contribution in [0.25, 0.3) is 0 Å². The molecule has 1 aromatic heterocycles. The highest BCUT2D eigenvalue weighted by atomic mass is 32.1. The summed E-state index contributed by atoms with van der Waals surface area (Å²) in [5, 5.41) is 6.83. The molecule has 2 aliphatic heterocycles. The van der Waals surface area contributed by atoms with Gasteiger partial charge in [0.05, 0.1) is 6.61 Å². The van der Waals surface area contributed by atoms with Gasteiger partial charge in [0.1, 0.15) is 11.6 Å². The van der Waals surface area contributed by atoms with Crippen molar-refractivity contribution in [1.82, 2.24) is 15.3 Å². The molecule has 3 heterocycles. The van der Waals surface area contributed by atoms with Gasteiger partial charge >= 0.3 is 0 Å². The molecular formula is C20H34N6OS. The molecule has 0 bridgehead atoms. The maximum atomic E-state index is 5.40. The van der Waals surface area contributed by atoms with Gasteiger partial charge in [0.15, 0.2) is 5.11 Å². The molecule has 0 aliphatic carbocycles. The van der Waals surface area contributed by atoms with Crippen molar-refractivity contribution in [3.05, 3.63) is 6.07 Å². The highest BCUT2D eigenvalue weighted by Gasteiger charge is 2.22. The first-order valence-corrected chi connectivity index (χ1v) is 10.9. The van der Waals surface area contributed by atoms with Crippen molar-refractivity contribution in [2.24, 2.45) is 11.8 Å². The van der Waals surface area contributed by atoms with Crippen molar-refractivity contribution in [3.63, 3.8) is 0 Å². The largest absolute Gasteiger partial charge is 0.383 e. The Morgan fingerprint density at radius 1 is 1.11 bits per heavy atom. The van der Waals surface area contributed by atoms with E-state index in [0.29, 0.717) is 30.1 Å². The van der Waals surface area contributed by atoms with Gasteiger partial charge in [0.2, 0.25) is 5.95 Å². The Bertz CT molecular complexity index is 650. The molecule has 2 saturated heterocycles. The molecule has 2 N–H and O–H groups in total. The molecule has 8 heteroatoms. The lowest BCUT2D eigenvalue weighted by atomic mass is 9.99. The van der Waals surface area contributed by atoms with Gasteiger partial charge in [-0.05, 0) is 49.7 Å². The fourth-order valence-electron chi connectivity index (χ4n) is 3.85. The van der Waals surface area contributed by atoms with E-state index in [4.69, 9.17) is 26.9 Å². The van der Waals surface area contributed by atoms with E-state index in [1.54, 1.807) is 7.11 Å². The molecule has 0 spiro atoms. The van der Waals surface area contributed by atoms with E-state index in [-0.39, 0.29) is 0 Å². The summed E-state index contributed by atoms with van der Waals surface area (Å²) in [6.45, 7) is 10.1. The number of hydrogen-bond donors (Lipinski definition) is 2. The number of aromatic nitrogens is 2. The fraction of sp³-hybridized carbons (Fsp3) is 0.750. The van der Waals surface area contributed by atoms with Crippen molar-refractivity contribution in [2.75, 3.05) is 61.6 Å². The Kier molecular flexibility index (Phi) is 7.67. The summed E-state index contributed by atoms with van der Waals surface area (Å²) in [4.78, 5) is 14.3. The van der Waals surface area contributed by atoms with Gasteiger partial charge in [-0.3, -0.25) is 0 Å². The zero-order chi connectivity index (χ0) is 19.9. The van der Waals surface area contributed by atoms with Crippen LogP contribution in [-0.4, -0.2) is 61.5 Å². The monoisotopic (exact) mass is 406 g/mol. The highest BCUT2D eigenvalue weighted by molar-refractivity contribution is 7.80. The van der Waals surface area contributed by atoms with Crippen molar-refractivity contribution >= 4 is 34.9 Å². The molecule has 0 radical (unpaired) electrons. The number of methoxy groups -OCH3 is 1. The van der Waals surface area contributed by atoms with Crippen LogP contribution in [0.1, 0.15) is 39.5 Å². The summed E-state index contributed by atoms with van der Waals surface area (Å²) in [7, 11) is 1.68. The second-order valence-electron chi connectivity index (χ2n) is 8.14. The predicted octanol–water partition coefficient (Wildman–Crippen LogP) is 2.88. The molecule has 28 heavy (non-hydrogen) atoms. The van der Waals surface area contributed by atoms with Gasteiger partial charge in [-0.15, -0.1) is 0 Å². The SMILES string of the molecule is COCCNC(=S)Nc1nc(N2CCC(C)CC2)cc(N2CCCC(C)C2)n1. The molecule has 7 nitrogen and oxygen atoms in total. The van der Waals surface area contributed by atoms with Crippen LogP contribution in [0.4, 0.5) is 17.6 Å². The molecule has 1 aromatic rings. The molecule has 0 amide bonds. The predicted molar refractivity (Wildman–Crippen MR) is 119 cm³/mol. The van der Waals surface area contributed by atoms with Crippen LogP contribution in [0, 0.1) is 11.8 Å². The number of nitrogens with one attached hydrogen (secondary N) is 2. The van der Waals surface area contributed by atoms with E-state index >= 15 is 0 Å². The average Bonchev–Trinajstić information content (AvgIpc) is 2.68. The molecule has 0 aromatic carbocycles. The number of piperidine rings is 2. The number of hydrogen-bond acceptors (Lipinski definition) is 6. The van der Waals surface area contributed by atoms with Crippen molar-refractivity contribution < 1.29 is 4.74 Å². The third-order valence-corrected chi connectivity index (χ3v) is 5.85. The summed E-state index contributed by atoms with van der Waals surface area (Å²) < 4.78 is 5.06. The van der Waals surface area contributed by atoms with Crippen molar-refractivity contribution in [1.29, 1.82) is 0 Å². The summed E-state index contributed by atoms with van der Waals surface area (Å²) in [5.41, 5.74) is 0. The smallest absolute Gasteiger partial charge is 0.232 e. The second kappa shape index (κ2) is 10.2. The first-order chi connectivity index (χ1) is 13.5. The van der Waals surface area contributed by atoms with Gasteiger partial charge in [0, 0.05) is 45.9 Å². The quantitative estimate of drug-likeness (QED) is 0.552. The number of rotatable bonds is 6. The van der Waals surface area contributed by atoms with E-state index in [1.165, 1.54) is 25.7 Å². The Labute approximate surface area is 174 Å². The molecule has 1 unspecified atom stereocenters. The molecule has 156 valence electrons. The normalized spacial score (nSPS) is 20.9. The van der Waals surface area contributed by atoms with Crippen LogP contribution in [0.15, 0.2) is 6.07 Å². The number of nitrogens with zero attached hydrogens (tertiary/aromatic N) is 4. The molecule has 2 fully saturated rings. The third kappa shape index (κ3) is 5.91. The van der Waals surface area contributed by atoms with Gasteiger partial charge in [0.25, 0.3) is 0 Å². The Balaban J connectivity index is 1.78. The minimum atomic E-state index is 0.527. The molecule has 3 rings (SSSR count). The third-order valence-electron chi connectivity index (χ3n) is 5.60. The van der Waals surface area contributed by atoms with Crippen molar-refractivity contribution in [2.45, 2.75) is 39.5 Å². The maximum absolute atomic E-state index is 5.40. The van der Waals surface area contributed by atoms with Crippen LogP contribution >= 0.6 is 12.2 Å². The van der Waals surface area contributed by atoms with E-state index in [0.717, 1.165) is 43.7 Å². The zero-order valence-electron chi connectivity index (χ0n) is 17.4. The van der Waals surface area contributed by atoms with E-state index in [1.807, 2.05) is 0 Å². The van der Waals surface area contributed by atoms with Crippen LogP contribution in [-0.2, 0) is 4.74 Å². The topological polar surface area (TPSA) is 65.6 Å². The summed E-state index contributed by atoms with van der Waals surface area (Å²) in [6, 6.07) is 2.15. The molecule has 0 saturated carbocycles. The Morgan fingerprint density at radius 2 is 1.82 bits per heavy atom.